The number of fused-ring (bicyclic) bond motifs is 1. The van der Waals surface area contributed by atoms with Crippen LogP contribution >= 0.6 is 11.6 Å². The molecule has 2 aliphatic rings. The lowest BCUT2D eigenvalue weighted by atomic mass is 10.2. The molecule has 1 atom stereocenters. The van der Waals surface area contributed by atoms with Crippen LogP contribution in [0.25, 0.3) is 0 Å². The third-order valence-electron chi connectivity index (χ3n) is 4.86. The first-order valence-electron chi connectivity index (χ1n) is 9.02. The molecule has 0 aromatic heterocycles. The molecule has 0 radical (unpaired) electrons. The number of hydrogen-bond acceptors (Lipinski definition) is 5. The Kier molecular flexibility index (Phi) is 5.09. The lowest BCUT2D eigenvalue weighted by Gasteiger charge is -2.35. The van der Waals surface area contributed by atoms with Crippen molar-refractivity contribution >= 4 is 28.9 Å². The van der Waals surface area contributed by atoms with Crippen molar-refractivity contribution in [3.05, 3.63) is 47.5 Å². The van der Waals surface area contributed by atoms with Crippen molar-refractivity contribution in [2.75, 3.05) is 50.1 Å². The van der Waals surface area contributed by atoms with E-state index in [1.165, 1.54) is 0 Å². The Bertz CT molecular complexity index is 837. The van der Waals surface area contributed by atoms with Crippen molar-refractivity contribution in [2.24, 2.45) is 0 Å². The predicted molar refractivity (Wildman–Crippen MR) is 106 cm³/mol. The zero-order chi connectivity index (χ0) is 18.8. The molecule has 1 saturated heterocycles. The van der Waals surface area contributed by atoms with E-state index in [1.54, 1.807) is 12.1 Å². The first-order valence-corrected chi connectivity index (χ1v) is 9.40. The van der Waals surface area contributed by atoms with Crippen molar-refractivity contribution in [1.29, 1.82) is 0 Å². The number of likely N-dealkylation sites (N-methyl/N-ethyl adjacent to an activating group) is 1. The maximum Gasteiger partial charge on any atom is 0.269 e. The minimum atomic E-state index is -0.709. The number of ether oxygens (including phenoxy) is 2. The van der Waals surface area contributed by atoms with Crippen molar-refractivity contribution in [3.8, 4) is 11.5 Å². The number of benzene rings is 2. The summed E-state index contributed by atoms with van der Waals surface area (Å²) in [5, 5.41) is 3.55. The molecule has 2 heterocycles. The highest BCUT2D eigenvalue weighted by molar-refractivity contribution is 6.31. The number of carbonyl (C=O) groups excluding carboxylic acids is 1. The summed E-state index contributed by atoms with van der Waals surface area (Å²) in [4.78, 5) is 17.3. The molecule has 0 aliphatic carbocycles. The summed E-state index contributed by atoms with van der Waals surface area (Å²) in [5.41, 5.74) is 1.66. The van der Waals surface area contributed by atoms with E-state index < -0.39 is 6.10 Å². The Labute approximate surface area is 163 Å². The highest BCUT2D eigenvalue weighted by atomic mass is 35.5. The average molecular weight is 388 g/mol. The second-order valence-corrected chi connectivity index (χ2v) is 7.24. The molecule has 27 heavy (non-hydrogen) atoms. The molecular formula is C20H22ClN3O3. The first kappa shape index (κ1) is 17.9. The number of halogens is 1. The van der Waals surface area contributed by atoms with Gasteiger partial charge in [-0.15, -0.1) is 0 Å². The Morgan fingerprint density at radius 2 is 1.85 bits per heavy atom. The van der Waals surface area contributed by atoms with E-state index in [2.05, 4.69) is 22.2 Å². The van der Waals surface area contributed by atoms with Crippen LogP contribution in [0.1, 0.15) is 0 Å². The molecular weight excluding hydrogens is 366 g/mol. The largest absolute Gasteiger partial charge is 0.485 e. The van der Waals surface area contributed by atoms with E-state index in [1.807, 2.05) is 30.3 Å². The minimum absolute atomic E-state index is 0.174. The molecule has 1 amide bonds. The van der Waals surface area contributed by atoms with E-state index in [0.29, 0.717) is 22.2 Å². The molecule has 0 bridgehead atoms. The van der Waals surface area contributed by atoms with E-state index in [0.717, 1.165) is 31.9 Å². The zero-order valence-electron chi connectivity index (χ0n) is 15.2. The Balaban J connectivity index is 1.50. The number of carbonyl (C=O) groups is 1. The second-order valence-electron chi connectivity index (χ2n) is 6.81. The Hall–Kier alpha value is -2.44. The lowest BCUT2D eigenvalue weighted by Crippen LogP contribution is -2.45. The predicted octanol–water partition coefficient (Wildman–Crippen LogP) is 2.87. The van der Waals surface area contributed by atoms with Gasteiger partial charge in [-0.1, -0.05) is 23.7 Å². The van der Waals surface area contributed by atoms with Gasteiger partial charge in [-0.2, -0.15) is 0 Å². The van der Waals surface area contributed by atoms with Gasteiger partial charge in [-0.05, 0) is 37.4 Å². The molecule has 2 aromatic carbocycles. The fourth-order valence-electron chi connectivity index (χ4n) is 3.29. The van der Waals surface area contributed by atoms with Gasteiger partial charge < -0.3 is 24.6 Å². The third-order valence-corrected chi connectivity index (χ3v) is 5.10. The summed E-state index contributed by atoms with van der Waals surface area (Å²) in [6.45, 7) is 3.93. The third kappa shape index (κ3) is 3.96. The van der Waals surface area contributed by atoms with Crippen molar-refractivity contribution in [1.82, 2.24) is 4.90 Å². The van der Waals surface area contributed by atoms with E-state index in [9.17, 15) is 4.79 Å². The maximum atomic E-state index is 12.8. The number of amides is 1. The van der Waals surface area contributed by atoms with Gasteiger partial charge in [0, 0.05) is 31.2 Å². The van der Waals surface area contributed by atoms with Crippen LogP contribution in [0.2, 0.25) is 5.02 Å². The lowest BCUT2D eigenvalue weighted by molar-refractivity contribution is -0.125. The molecule has 1 fully saturated rings. The molecule has 2 aliphatic heterocycles. The summed E-state index contributed by atoms with van der Waals surface area (Å²) >= 11 is 6.18. The number of anilines is 2. The van der Waals surface area contributed by atoms with Gasteiger partial charge in [0.25, 0.3) is 5.91 Å². The quantitative estimate of drug-likeness (QED) is 0.877. The number of nitrogens with zero attached hydrogens (tertiary/aromatic N) is 2. The van der Waals surface area contributed by atoms with Gasteiger partial charge in [-0.25, -0.2) is 0 Å². The summed E-state index contributed by atoms with van der Waals surface area (Å²) in [7, 11) is 2.11. The van der Waals surface area contributed by atoms with Gasteiger partial charge >= 0.3 is 0 Å². The van der Waals surface area contributed by atoms with E-state index in [4.69, 9.17) is 21.1 Å². The standard InChI is InChI=1S/C20H22ClN3O3/c1-23-8-10-24(11-9-23)16-7-6-14(21)12-15(16)22-20(25)19-13-26-17-4-2-3-5-18(17)27-19/h2-7,12,19H,8-11,13H2,1H3,(H,22,25)/t19-/m0/s1. The van der Waals surface area contributed by atoms with Crippen molar-refractivity contribution in [3.63, 3.8) is 0 Å². The molecule has 142 valence electrons. The van der Waals surface area contributed by atoms with E-state index in [-0.39, 0.29) is 12.5 Å². The molecule has 1 N–H and O–H groups in total. The molecule has 6 nitrogen and oxygen atoms in total. The van der Waals surface area contributed by atoms with Crippen LogP contribution in [0, 0.1) is 0 Å². The number of hydrogen-bond donors (Lipinski definition) is 1. The Morgan fingerprint density at radius 1 is 1.11 bits per heavy atom. The number of rotatable bonds is 3. The summed E-state index contributed by atoms with van der Waals surface area (Å²) < 4.78 is 11.5. The fourth-order valence-corrected chi connectivity index (χ4v) is 3.47. The van der Waals surface area contributed by atoms with Crippen LogP contribution < -0.4 is 19.7 Å². The number of piperazine rings is 1. The Morgan fingerprint density at radius 3 is 2.63 bits per heavy atom. The van der Waals surface area contributed by atoms with Crippen LogP contribution in [0.15, 0.2) is 42.5 Å². The number of para-hydroxylation sites is 2. The molecule has 4 rings (SSSR count). The van der Waals surface area contributed by atoms with Crippen LogP contribution in [-0.2, 0) is 4.79 Å². The summed E-state index contributed by atoms with van der Waals surface area (Å²) in [6.07, 6.45) is -0.709. The van der Waals surface area contributed by atoms with Crippen molar-refractivity contribution in [2.45, 2.75) is 6.10 Å². The van der Waals surface area contributed by atoms with Crippen LogP contribution in [0.3, 0.4) is 0 Å². The van der Waals surface area contributed by atoms with Crippen molar-refractivity contribution < 1.29 is 14.3 Å². The van der Waals surface area contributed by atoms with Gasteiger partial charge in [-0.3, -0.25) is 4.79 Å². The average Bonchev–Trinajstić information content (AvgIpc) is 2.68. The van der Waals surface area contributed by atoms with E-state index >= 15 is 0 Å². The number of nitrogens with one attached hydrogen (secondary N) is 1. The molecule has 0 spiro atoms. The highest BCUT2D eigenvalue weighted by Gasteiger charge is 2.28. The topological polar surface area (TPSA) is 54.0 Å². The SMILES string of the molecule is CN1CCN(c2ccc(Cl)cc2NC(=O)[C@@H]2COc3ccccc3O2)CC1. The fraction of sp³-hybridized carbons (Fsp3) is 0.350. The minimum Gasteiger partial charge on any atom is -0.485 e. The highest BCUT2D eigenvalue weighted by Crippen LogP contribution is 2.33. The molecule has 2 aromatic rings. The zero-order valence-corrected chi connectivity index (χ0v) is 15.9. The van der Waals surface area contributed by atoms with Gasteiger partial charge in [0.05, 0.1) is 11.4 Å². The smallest absolute Gasteiger partial charge is 0.269 e. The summed E-state index contributed by atoms with van der Waals surface area (Å²) in [5.74, 6) is 0.985. The van der Waals surface area contributed by atoms with Gasteiger partial charge in [0.2, 0.25) is 6.10 Å². The van der Waals surface area contributed by atoms with Crippen LogP contribution in [0.4, 0.5) is 11.4 Å². The maximum absolute atomic E-state index is 12.8. The van der Waals surface area contributed by atoms with Gasteiger partial charge in [0.1, 0.15) is 6.61 Å². The first-order chi connectivity index (χ1) is 13.1. The summed E-state index contributed by atoms with van der Waals surface area (Å²) in [6, 6.07) is 12.9. The monoisotopic (exact) mass is 387 g/mol. The second kappa shape index (κ2) is 7.66. The normalized spacial score (nSPS) is 19.6. The molecule has 0 saturated carbocycles. The van der Waals surface area contributed by atoms with Gasteiger partial charge in [0.15, 0.2) is 11.5 Å². The van der Waals surface area contributed by atoms with Crippen LogP contribution in [-0.4, -0.2) is 56.7 Å². The molecule has 7 heteroatoms. The van der Waals surface area contributed by atoms with Crippen LogP contribution in [0.5, 0.6) is 11.5 Å². The molecule has 0 unspecified atom stereocenters.